The van der Waals surface area contributed by atoms with Crippen molar-refractivity contribution >= 4 is 17.5 Å². The van der Waals surface area contributed by atoms with Gasteiger partial charge >= 0.3 is 12.1 Å². The standard InChI is InChI=1S/C21H21F3N4O4/c1-4-31-15-7-5-14(6-8-15)17(29)11-32-18(30)10-9-16-12(2)25-20-26-19(21(22,23)24)27-28(20)13(16)3/h5-8H,4,9-11H2,1-3H3. The number of aryl methyl sites for hydroxylation is 2. The van der Waals surface area contributed by atoms with Crippen LogP contribution in [0.2, 0.25) is 0 Å². The van der Waals surface area contributed by atoms with E-state index in [-0.39, 0.29) is 24.4 Å². The Morgan fingerprint density at radius 2 is 1.78 bits per heavy atom. The monoisotopic (exact) mass is 450 g/mol. The number of Topliss-reactive ketones (excluding diaryl/α,β-unsaturated/α-hetero) is 1. The molecule has 0 bridgehead atoms. The van der Waals surface area contributed by atoms with Crippen LogP contribution in [0.15, 0.2) is 24.3 Å². The first-order valence-corrected chi connectivity index (χ1v) is 9.82. The summed E-state index contributed by atoms with van der Waals surface area (Å²) < 4.78 is 50.0. The molecular formula is C21H21F3N4O4. The normalized spacial score (nSPS) is 11.6. The zero-order chi connectivity index (χ0) is 23.5. The summed E-state index contributed by atoms with van der Waals surface area (Å²) in [5.41, 5.74) is 1.78. The van der Waals surface area contributed by atoms with E-state index in [1.165, 1.54) is 0 Å². The van der Waals surface area contributed by atoms with E-state index in [0.717, 1.165) is 4.52 Å². The molecule has 8 nitrogen and oxygen atoms in total. The third-order valence-corrected chi connectivity index (χ3v) is 4.73. The first-order chi connectivity index (χ1) is 15.1. The quantitative estimate of drug-likeness (QED) is 0.383. The predicted molar refractivity (Wildman–Crippen MR) is 106 cm³/mol. The van der Waals surface area contributed by atoms with Crippen LogP contribution >= 0.6 is 0 Å². The molecule has 3 rings (SSSR count). The summed E-state index contributed by atoms with van der Waals surface area (Å²) >= 11 is 0. The van der Waals surface area contributed by atoms with E-state index in [9.17, 15) is 22.8 Å². The minimum atomic E-state index is -4.69. The molecule has 1 aromatic carbocycles. The summed E-state index contributed by atoms with van der Waals surface area (Å²) in [7, 11) is 0. The van der Waals surface area contributed by atoms with Crippen molar-refractivity contribution in [1.29, 1.82) is 0 Å². The zero-order valence-corrected chi connectivity index (χ0v) is 17.7. The van der Waals surface area contributed by atoms with Gasteiger partial charge in [-0.2, -0.15) is 18.2 Å². The van der Waals surface area contributed by atoms with Crippen molar-refractivity contribution in [3.63, 3.8) is 0 Å². The molecule has 0 radical (unpaired) electrons. The fraction of sp³-hybridized carbons (Fsp3) is 0.381. The van der Waals surface area contributed by atoms with Crippen molar-refractivity contribution in [2.45, 2.75) is 39.8 Å². The van der Waals surface area contributed by atoms with E-state index in [1.807, 2.05) is 6.92 Å². The molecule has 0 aliphatic heterocycles. The van der Waals surface area contributed by atoms with Crippen LogP contribution < -0.4 is 4.74 Å². The van der Waals surface area contributed by atoms with Gasteiger partial charge in [0.2, 0.25) is 0 Å². The maximum Gasteiger partial charge on any atom is 0.453 e. The Kier molecular flexibility index (Phi) is 6.75. The van der Waals surface area contributed by atoms with Crippen LogP contribution in [0.1, 0.15) is 46.5 Å². The topological polar surface area (TPSA) is 95.7 Å². The van der Waals surface area contributed by atoms with Gasteiger partial charge in [-0.3, -0.25) is 9.59 Å². The van der Waals surface area contributed by atoms with E-state index in [2.05, 4.69) is 15.1 Å². The number of alkyl halides is 3. The second-order valence-electron chi connectivity index (χ2n) is 6.95. The van der Waals surface area contributed by atoms with E-state index in [4.69, 9.17) is 9.47 Å². The van der Waals surface area contributed by atoms with Gasteiger partial charge in [0.15, 0.2) is 12.4 Å². The number of aromatic nitrogens is 4. The average Bonchev–Trinajstić information content (AvgIpc) is 3.17. The lowest BCUT2D eigenvalue weighted by molar-refractivity contribution is -0.145. The SMILES string of the molecule is CCOc1ccc(C(=O)COC(=O)CCc2c(C)nc3nc(C(F)(F)F)nn3c2C)cc1. The maximum absolute atomic E-state index is 12.9. The molecule has 0 aliphatic carbocycles. The number of ketones is 1. The summed E-state index contributed by atoms with van der Waals surface area (Å²) in [5.74, 6) is -1.79. The summed E-state index contributed by atoms with van der Waals surface area (Å²) in [6, 6.07) is 6.48. The Morgan fingerprint density at radius 3 is 2.41 bits per heavy atom. The number of hydrogen-bond acceptors (Lipinski definition) is 7. The van der Waals surface area contributed by atoms with Crippen LogP contribution in [-0.4, -0.2) is 44.5 Å². The number of benzene rings is 1. The molecule has 0 fully saturated rings. The third-order valence-electron chi connectivity index (χ3n) is 4.73. The second kappa shape index (κ2) is 9.33. The second-order valence-corrected chi connectivity index (χ2v) is 6.95. The van der Waals surface area contributed by atoms with E-state index in [1.54, 1.807) is 38.1 Å². The van der Waals surface area contributed by atoms with Crippen LogP contribution in [0.4, 0.5) is 13.2 Å². The molecule has 32 heavy (non-hydrogen) atoms. The number of carbonyl (C=O) groups excluding carboxylic acids is 2. The highest BCUT2D eigenvalue weighted by Gasteiger charge is 2.37. The van der Waals surface area contributed by atoms with Crippen molar-refractivity contribution in [2.24, 2.45) is 0 Å². The molecule has 0 unspecified atom stereocenters. The van der Waals surface area contributed by atoms with Gasteiger partial charge in [0.1, 0.15) is 5.75 Å². The largest absolute Gasteiger partial charge is 0.494 e. The first-order valence-electron chi connectivity index (χ1n) is 9.82. The van der Waals surface area contributed by atoms with Crippen molar-refractivity contribution in [3.8, 4) is 5.75 Å². The molecule has 0 amide bonds. The molecule has 11 heteroatoms. The van der Waals surface area contributed by atoms with Gasteiger partial charge < -0.3 is 9.47 Å². The highest BCUT2D eigenvalue weighted by molar-refractivity contribution is 5.98. The van der Waals surface area contributed by atoms with Crippen LogP contribution in [0.5, 0.6) is 5.75 Å². The lowest BCUT2D eigenvalue weighted by atomic mass is 10.1. The number of halogens is 3. The molecule has 0 N–H and O–H groups in total. The van der Waals surface area contributed by atoms with Crippen LogP contribution in [-0.2, 0) is 22.1 Å². The van der Waals surface area contributed by atoms with Crippen molar-refractivity contribution in [2.75, 3.05) is 13.2 Å². The summed E-state index contributed by atoms with van der Waals surface area (Å²) in [4.78, 5) is 31.8. The lowest BCUT2D eigenvalue weighted by Crippen LogP contribution is -2.15. The Balaban J connectivity index is 1.61. The van der Waals surface area contributed by atoms with Gasteiger partial charge in [0, 0.05) is 23.4 Å². The predicted octanol–water partition coefficient (Wildman–Crippen LogP) is 3.52. The van der Waals surface area contributed by atoms with E-state index < -0.39 is 24.6 Å². The fourth-order valence-corrected chi connectivity index (χ4v) is 3.12. The molecule has 0 aliphatic rings. The van der Waals surface area contributed by atoms with Gasteiger partial charge in [0.05, 0.1) is 6.61 Å². The molecule has 0 saturated heterocycles. The molecule has 3 aromatic rings. The number of ether oxygens (including phenoxy) is 2. The molecule has 2 aromatic heterocycles. The molecule has 170 valence electrons. The molecule has 0 spiro atoms. The van der Waals surface area contributed by atoms with E-state index >= 15 is 0 Å². The first kappa shape index (κ1) is 23.2. The number of esters is 1. The van der Waals surface area contributed by atoms with Crippen molar-refractivity contribution in [3.05, 3.63) is 52.6 Å². The van der Waals surface area contributed by atoms with Gasteiger partial charge in [0.25, 0.3) is 11.6 Å². The Hall–Kier alpha value is -3.50. The number of nitrogens with zero attached hydrogens (tertiary/aromatic N) is 4. The number of carbonyl (C=O) groups is 2. The maximum atomic E-state index is 12.9. The average molecular weight is 450 g/mol. The van der Waals surface area contributed by atoms with Gasteiger partial charge in [-0.1, -0.05) is 0 Å². The smallest absolute Gasteiger partial charge is 0.453 e. The summed E-state index contributed by atoms with van der Waals surface area (Å²) in [6.07, 6.45) is -4.60. The van der Waals surface area contributed by atoms with Gasteiger partial charge in [-0.15, -0.1) is 5.10 Å². The van der Waals surface area contributed by atoms with Crippen LogP contribution in [0.25, 0.3) is 5.78 Å². The summed E-state index contributed by atoms with van der Waals surface area (Å²) in [5, 5.41) is 3.47. The number of fused-ring (bicyclic) bond motifs is 1. The number of rotatable bonds is 8. The van der Waals surface area contributed by atoms with Gasteiger partial charge in [-0.25, -0.2) is 9.50 Å². The number of hydrogen-bond donors (Lipinski definition) is 0. The highest BCUT2D eigenvalue weighted by Crippen LogP contribution is 2.27. The molecular weight excluding hydrogens is 429 g/mol. The Morgan fingerprint density at radius 1 is 1.09 bits per heavy atom. The zero-order valence-electron chi connectivity index (χ0n) is 17.7. The van der Waals surface area contributed by atoms with Crippen molar-refractivity contribution < 1.29 is 32.2 Å². The third kappa shape index (κ3) is 5.21. The minimum Gasteiger partial charge on any atom is -0.494 e. The fourth-order valence-electron chi connectivity index (χ4n) is 3.12. The Labute approximate surface area is 181 Å². The van der Waals surface area contributed by atoms with Crippen molar-refractivity contribution in [1.82, 2.24) is 19.6 Å². The van der Waals surface area contributed by atoms with E-state index in [0.29, 0.717) is 34.9 Å². The Bertz CT molecular complexity index is 1140. The summed E-state index contributed by atoms with van der Waals surface area (Å²) in [6.45, 7) is 5.13. The highest BCUT2D eigenvalue weighted by atomic mass is 19.4. The van der Waals surface area contributed by atoms with Crippen LogP contribution in [0, 0.1) is 13.8 Å². The molecule has 0 atom stereocenters. The minimum absolute atomic E-state index is 0.0771. The molecule has 0 saturated carbocycles. The lowest BCUT2D eigenvalue weighted by Gasteiger charge is -2.10. The molecule has 2 heterocycles. The van der Waals surface area contributed by atoms with Crippen LogP contribution in [0.3, 0.4) is 0 Å². The van der Waals surface area contributed by atoms with Gasteiger partial charge in [-0.05, 0) is 57.0 Å².